The average molecular weight is 390 g/mol. The fourth-order valence-corrected chi connectivity index (χ4v) is 3.91. The zero-order valence-electron chi connectivity index (χ0n) is 12.8. The molecule has 2 unspecified atom stereocenters. The minimum atomic E-state index is 0. The second-order valence-electron chi connectivity index (χ2n) is 6.02. The third-order valence-electron chi connectivity index (χ3n) is 4.72. The van der Waals surface area contributed by atoms with E-state index in [1.165, 1.54) is 12.8 Å². The number of hydrogen-bond acceptors (Lipinski definition) is 3. The van der Waals surface area contributed by atoms with Crippen LogP contribution in [0.4, 0.5) is 0 Å². The molecule has 22 heavy (non-hydrogen) atoms. The molecule has 0 spiro atoms. The van der Waals surface area contributed by atoms with E-state index in [0.717, 1.165) is 17.3 Å². The van der Waals surface area contributed by atoms with Gasteiger partial charge in [-0.15, -0.1) is 12.4 Å². The third kappa shape index (κ3) is 3.42. The van der Waals surface area contributed by atoms with Crippen LogP contribution >= 0.6 is 28.3 Å². The number of rotatable bonds is 3. The van der Waals surface area contributed by atoms with Crippen LogP contribution in [0.5, 0.6) is 5.75 Å². The predicted octanol–water partition coefficient (Wildman–Crippen LogP) is 3.23. The molecule has 3 rings (SSSR count). The molecule has 122 valence electrons. The Morgan fingerprint density at radius 1 is 1.32 bits per heavy atom. The number of benzene rings is 1. The number of ether oxygens (including phenoxy) is 1. The summed E-state index contributed by atoms with van der Waals surface area (Å²) in [5.41, 5.74) is 0.669. The van der Waals surface area contributed by atoms with Crippen molar-refractivity contribution in [3.8, 4) is 5.75 Å². The summed E-state index contributed by atoms with van der Waals surface area (Å²) in [6.45, 7) is 0. The molecule has 1 aromatic carbocycles. The highest BCUT2D eigenvalue weighted by Crippen LogP contribution is 2.31. The molecule has 1 amide bonds. The van der Waals surface area contributed by atoms with Gasteiger partial charge in [0, 0.05) is 29.6 Å². The van der Waals surface area contributed by atoms with Crippen LogP contribution in [0.3, 0.4) is 0 Å². The lowest BCUT2D eigenvalue weighted by atomic mass is 9.98. The Morgan fingerprint density at radius 2 is 1.95 bits per heavy atom. The molecule has 2 fully saturated rings. The number of amides is 1. The molecule has 0 aliphatic carbocycles. The fourth-order valence-electron chi connectivity index (χ4n) is 3.49. The molecular weight excluding hydrogens is 368 g/mol. The Bertz CT molecular complexity index is 543. The normalized spacial score (nSPS) is 26.2. The first kappa shape index (κ1) is 17.6. The van der Waals surface area contributed by atoms with Crippen molar-refractivity contribution in [3.05, 3.63) is 28.2 Å². The van der Waals surface area contributed by atoms with E-state index in [2.05, 4.69) is 21.2 Å². The van der Waals surface area contributed by atoms with Crippen LogP contribution < -0.4 is 10.1 Å². The number of carbonyl (C=O) groups excluding carboxylic acids is 1. The van der Waals surface area contributed by atoms with Crippen LogP contribution in [0.15, 0.2) is 22.7 Å². The van der Waals surface area contributed by atoms with Gasteiger partial charge in [-0.3, -0.25) is 4.79 Å². The quantitative estimate of drug-likeness (QED) is 0.863. The molecule has 4 nitrogen and oxygen atoms in total. The maximum atomic E-state index is 12.8. The van der Waals surface area contributed by atoms with E-state index in [9.17, 15) is 4.79 Å². The van der Waals surface area contributed by atoms with Crippen LogP contribution in [-0.2, 0) is 0 Å². The van der Waals surface area contributed by atoms with Gasteiger partial charge in [0.25, 0.3) is 5.91 Å². The van der Waals surface area contributed by atoms with E-state index in [1.54, 1.807) is 13.2 Å². The molecule has 2 aliphatic heterocycles. The molecule has 6 heteroatoms. The summed E-state index contributed by atoms with van der Waals surface area (Å²) in [6.07, 6.45) is 4.60. The van der Waals surface area contributed by atoms with Gasteiger partial charge < -0.3 is 15.0 Å². The zero-order valence-corrected chi connectivity index (χ0v) is 15.2. The molecule has 1 N–H and O–H groups in total. The Hall–Kier alpha value is -0.780. The summed E-state index contributed by atoms with van der Waals surface area (Å²) in [7, 11) is 3.54. The van der Waals surface area contributed by atoms with Crippen molar-refractivity contribution in [2.24, 2.45) is 0 Å². The number of carbonyl (C=O) groups is 1. The minimum Gasteiger partial charge on any atom is -0.497 e. The molecule has 2 bridgehead atoms. The Labute approximate surface area is 146 Å². The van der Waals surface area contributed by atoms with Crippen LogP contribution in [-0.4, -0.2) is 43.1 Å². The summed E-state index contributed by atoms with van der Waals surface area (Å²) < 4.78 is 6.04. The van der Waals surface area contributed by atoms with Crippen LogP contribution in [0.2, 0.25) is 0 Å². The SMILES string of the molecule is COc1ccc(Br)c(C(=O)N(C)C2CC3CCC(C2)N3)c1.Cl. The largest absolute Gasteiger partial charge is 0.497 e. The Kier molecular flexibility index (Phi) is 5.75. The van der Waals surface area contributed by atoms with Gasteiger partial charge in [-0.1, -0.05) is 0 Å². The van der Waals surface area contributed by atoms with Gasteiger partial charge in [0.2, 0.25) is 0 Å². The summed E-state index contributed by atoms with van der Waals surface area (Å²) in [5.74, 6) is 0.771. The number of nitrogens with zero attached hydrogens (tertiary/aromatic N) is 1. The molecule has 0 aromatic heterocycles. The summed E-state index contributed by atoms with van der Waals surface area (Å²) in [4.78, 5) is 14.7. The van der Waals surface area contributed by atoms with Gasteiger partial charge in [0.05, 0.1) is 12.7 Å². The molecule has 2 atom stereocenters. The number of nitrogens with one attached hydrogen (secondary N) is 1. The van der Waals surface area contributed by atoms with Crippen molar-refractivity contribution < 1.29 is 9.53 Å². The Balaban J connectivity index is 0.00000176. The van der Waals surface area contributed by atoms with E-state index < -0.39 is 0 Å². The molecule has 0 saturated carbocycles. The highest BCUT2D eigenvalue weighted by Gasteiger charge is 2.36. The molecule has 2 aliphatic rings. The van der Waals surface area contributed by atoms with E-state index in [4.69, 9.17) is 4.74 Å². The standard InChI is InChI=1S/C16H21BrN2O2.ClH/c1-19(12-7-10-3-4-11(8-12)18-10)16(20)14-9-13(21-2)5-6-15(14)17;/h5-6,9-12,18H,3-4,7-8H2,1-2H3;1H. The van der Waals surface area contributed by atoms with Crippen molar-refractivity contribution in [1.29, 1.82) is 0 Å². The second kappa shape index (κ2) is 7.20. The van der Waals surface area contributed by atoms with Gasteiger partial charge in [-0.25, -0.2) is 0 Å². The van der Waals surface area contributed by atoms with Crippen LogP contribution in [0.25, 0.3) is 0 Å². The Morgan fingerprint density at radius 3 is 2.55 bits per heavy atom. The summed E-state index contributed by atoms with van der Waals surface area (Å²) in [6, 6.07) is 7.01. The van der Waals surface area contributed by atoms with Crippen molar-refractivity contribution in [3.63, 3.8) is 0 Å². The monoisotopic (exact) mass is 388 g/mol. The van der Waals surface area contributed by atoms with Crippen molar-refractivity contribution in [1.82, 2.24) is 10.2 Å². The average Bonchev–Trinajstić information content (AvgIpc) is 2.84. The number of hydrogen-bond donors (Lipinski definition) is 1. The lowest BCUT2D eigenvalue weighted by Crippen LogP contribution is -2.48. The number of fused-ring (bicyclic) bond motifs is 2. The number of methoxy groups -OCH3 is 1. The van der Waals surface area contributed by atoms with E-state index in [-0.39, 0.29) is 18.3 Å². The molecule has 2 saturated heterocycles. The van der Waals surface area contributed by atoms with Crippen molar-refractivity contribution in [2.45, 2.75) is 43.8 Å². The maximum Gasteiger partial charge on any atom is 0.255 e. The highest BCUT2D eigenvalue weighted by molar-refractivity contribution is 9.10. The van der Waals surface area contributed by atoms with E-state index >= 15 is 0 Å². The van der Waals surface area contributed by atoms with E-state index in [1.807, 2.05) is 24.1 Å². The van der Waals surface area contributed by atoms with Crippen molar-refractivity contribution in [2.75, 3.05) is 14.2 Å². The first-order chi connectivity index (χ1) is 10.1. The fraction of sp³-hybridized carbons (Fsp3) is 0.562. The summed E-state index contributed by atoms with van der Waals surface area (Å²) in [5, 5.41) is 3.62. The van der Waals surface area contributed by atoms with Gasteiger partial charge in [-0.2, -0.15) is 0 Å². The van der Waals surface area contributed by atoms with E-state index in [0.29, 0.717) is 29.4 Å². The number of piperidine rings is 1. The van der Waals surface area contributed by atoms with Gasteiger partial charge in [0.15, 0.2) is 0 Å². The number of halogens is 2. The zero-order chi connectivity index (χ0) is 15.0. The highest BCUT2D eigenvalue weighted by atomic mass is 79.9. The first-order valence-corrected chi connectivity index (χ1v) is 8.24. The van der Waals surface area contributed by atoms with Gasteiger partial charge >= 0.3 is 0 Å². The topological polar surface area (TPSA) is 41.6 Å². The molecular formula is C16H22BrClN2O2. The summed E-state index contributed by atoms with van der Waals surface area (Å²) >= 11 is 3.47. The molecule has 1 aromatic rings. The van der Waals surface area contributed by atoms with Gasteiger partial charge in [-0.05, 0) is 59.8 Å². The lowest BCUT2D eigenvalue weighted by molar-refractivity contribution is 0.0680. The first-order valence-electron chi connectivity index (χ1n) is 7.45. The predicted molar refractivity (Wildman–Crippen MR) is 93.0 cm³/mol. The second-order valence-corrected chi connectivity index (χ2v) is 6.88. The van der Waals surface area contributed by atoms with Crippen LogP contribution in [0, 0.1) is 0 Å². The molecule has 2 heterocycles. The van der Waals surface area contributed by atoms with Crippen molar-refractivity contribution >= 4 is 34.2 Å². The maximum absolute atomic E-state index is 12.8. The minimum absolute atomic E-state index is 0. The smallest absolute Gasteiger partial charge is 0.255 e. The lowest BCUT2D eigenvalue weighted by Gasteiger charge is -2.35. The van der Waals surface area contributed by atoms with Gasteiger partial charge in [0.1, 0.15) is 5.75 Å². The molecule has 0 radical (unpaired) electrons. The van der Waals surface area contributed by atoms with Crippen LogP contribution in [0.1, 0.15) is 36.0 Å². The third-order valence-corrected chi connectivity index (χ3v) is 5.41.